The standard InChI is InChI=1S/C14H17F3O2/c1-9(2)6-10(3)19-13-5-4-11(8-18)7-12(13)14(15,16)17/h4-5,7-10H,6H2,1-3H3. The molecular formula is C14H17F3O2. The number of carbonyl (C=O) groups is 1. The number of hydrogen-bond acceptors (Lipinski definition) is 2. The molecule has 1 unspecified atom stereocenters. The summed E-state index contributed by atoms with van der Waals surface area (Å²) in [5.74, 6) is 0.102. The minimum Gasteiger partial charge on any atom is -0.490 e. The highest BCUT2D eigenvalue weighted by atomic mass is 19.4. The van der Waals surface area contributed by atoms with Crippen molar-refractivity contribution in [2.75, 3.05) is 0 Å². The molecule has 0 aliphatic heterocycles. The lowest BCUT2D eigenvalue weighted by atomic mass is 10.1. The van der Waals surface area contributed by atoms with Gasteiger partial charge in [-0.05, 0) is 37.5 Å². The predicted octanol–water partition coefficient (Wildman–Crippen LogP) is 4.33. The Bertz CT molecular complexity index is 439. The van der Waals surface area contributed by atoms with Gasteiger partial charge in [0.15, 0.2) is 0 Å². The molecule has 0 aliphatic carbocycles. The van der Waals surface area contributed by atoms with Crippen molar-refractivity contribution in [1.29, 1.82) is 0 Å². The quantitative estimate of drug-likeness (QED) is 0.747. The molecule has 0 spiro atoms. The Kier molecular flexibility index (Phi) is 4.97. The number of benzene rings is 1. The second-order valence-electron chi connectivity index (χ2n) is 4.93. The second-order valence-corrected chi connectivity index (χ2v) is 4.93. The van der Waals surface area contributed by atoms with Crippen molar-refractivity contribution in [2.24, 2.45) is 5.92 Å². The number of aldehydes is 1. The zero-order valence-corrected chi connectivity index (χ0v) is 11.1. The number of halogens is 3. The first-order valence-corrected chi connectivity index (χ1v) is 6.07. The monoisotopic (exact) mass is 274 g/mol. The van der Waals surface area contributed by atoms with E-state index in [1.165, 1.54) is 12.1 Å². The minimum atomic E-state index is -4.54. The van der Waals surface area contributed by atoms with Crippen LogP contribution in [0, 0.1) is 5.92 Å². The molecule has 1 aromatic rings. The summed E-state index contributed by atoms with van der Waals surface area (Å²) in [6, 6.07) is 3.33. The molecule has 1 aromatic carbocycles. The molecule has 0 aliphatic rings. The highest BCUT2D eigenvalue weighted by molar-refractivity contribution is 5.75. The van der Waals surface area contributed by atoms with Gasteiger partial charge >= 0.3 is 6.18 Å². The zero-order valence-electron chi connectivity index (χ0n) is 11.1. The summed E-state index contributed by atoms with van der Waals surface area (Å²) >= 11 is 0. The fourth-order valence-electron chi connectivity index (χ4n) is 1.87. The van der Waals surface area contributed by atoms with E-state index in [4.69, 9.17) is 4.74 Å². The van der Waals surface area contributed by atoms with Gasteiger partial charge in [-0.1, -0.05) is 13.8 Å². The van der Waals surface area contributed by atoms with Crippen LogP contribution >= 0.6 is 0 Å². The van der Waals surface area contributed by atoms with E-state index in [1.54, 1.807) is 6.92 Å². The molecule has 1 rings (SSSR count). The molecule has 0 amide bonds. The molecular weight excluding hydrogens is 257 g/mol. The summed E-state index contributed by atoms with van der Waals surface area (Å²) in [5, 5.41) is 0. The van der Waals surface area contributed by atoms with Gasteiger partial charge in [-0.15, -0.1) is 0 Å². The predicted molar refractivity (Wildman–Crippen MR) is 66.4 cm³/mol. The first-order valence-electron chi connectivity index (χ1n) is 6.07. The van der Waals surface area contributed by atoms with Crippen molar-refractivity contribution in [3.8, 4) is 5.75 Å². The van der Waals surface area contributed by atoms with Crippen molar-refractivity contribution < 1.29 is 22.7 Å². The van der Waals surface area contributed by atoms with Crippen LogP contribution in [0.2, 0.25) is 0 Å². The Hall–Kier alpha value is -1.52. The summed E-state index contributed by atoms with van der Waals surface area (Å²) in [5.41, 5.74) is -0.927. The molecule has 0 radical (unpaired) electrons. The SMILES string of the molecule is CC(C)CC(C)Oc1ccc(C=O)cc1C(F)(F)F. The van der Waals surface area contributed by atoms with Gasteiger partial charge < -0.3 is 4.74 Å². The molecule has 0 aromatic heterocycles. The van der Waals surface area contributed by atoms with Crippen LogP contribution in [-0.4, -0.2) is 12.4 Å². The average molecular weight is 274 g/mol. The summed E-state index contributed by atoms with van der Waals surface area (Å²) < 4.78 is 44.0. The molecule has 0 heterocycles. The number of rotatable bonds is 5. The van der Waals surface area contributed by atoms with E-state index in [-0.39, 0.29) is 17.4 Å². The third-order valence-electron chi connectivity index (χ3n) is 2.58. The lowest BCUT2D eigenvalue weighted by Gasteiger charge is -2.20. The summed E-state index contributed by atoms with van der Waals surface area (Å²) in [6.07, 6.45) is -3.81. The van der Waals surface area contributed by atoms with Crippen LogP contribution in [0.5, 0.6) is 5.75 Å². The number of ether oxygens (including phenoxy) is 1. The molecule has 2 nitrogen and oxygen atoms in total. The van der Waals surface area contributed by atoms with Crippen LogP contribution in [0.25, 0.3) is 0 Å². The Balaban J connectivity index is 3.03. The molecule has 0 saturated carbocycles. The number of hydrogen-bond donors (Lipinski definition) is 0. The van der Waals surface area contributed by atoms with Gasteiger partial charge in [0.25, 0.3) is 0 Å². The number of alkyl halides is 3. The maximum absolute atomic E-state index is 12.9. The minimum absolute atomic E-state index is 0.0174. The zero-order chi connectivity index (χ0) is 14.6. The van der Waals surface area contributed by atoms with Gasteiger partial charge in [0.1, 0.15) is 12.0 Å². The van der Waals surface area contributed by atoms with Crippen LogP contribution < -0.4 is 4.74 Å². The van der Waals surface area contributed by atoms with E-state index in [0.717, 1.165) is 6.07 Å². The van der Waals surface area contributed by atoms with Crippen molar-refractivity contribution in [3.05, 3.63) is 29.3 Å². The van der Waals surface area contributed by atoms with Crippen molar-refractivity contribution >= 4 is 6.29 Å². The molecule has 0 N–H and O–H groups in total. The van der Waals surface area contributed by atoms with Gasteiger partial charge in [0.05, 0.1) is 11.7 Å². The highest BCUT2D eigenvalue weighted by Crippen LogP contribution is 2.37. The Labute approximate surface area is 110 Å². The Morgan fingerprint density at radius 3 is 2.37 bits per heavy atom. The van der Waals surface area contributed by atoms with E-state index >= 15 is 0 Å². The van der Waals surface area contributed by atoms with Crippen molar-refractivity contribution in [1.82, 2.24) is 0 Å². The van der Waals surface area contributed by atoms with Crippen LogP contribution in [0.15, 0.2) is 18.2 Å². The fraction of sp³-hybridized carbons (Fsp3) is 0.500. The fourth-order valence-corrected chi connectivity index (χ4v) is 1.87. The number of carbonyl (C=O) groups excluding carboxylic acids is 1. The molecule has 1 atom stereocenters. The van der Waals surface area contributed by atoms with E-state index in [9.17, 15) is 18.0 Å². The van der Waals surface area contributed by atoms with Gasteiger partial charge in [0, 0.05) is 5.56 Å². The first-order chi connectivity index (χ1) is 8.74. The van der Waals surface area contributed by atoms with Crippen LogP contribution in [-0.2, 0) is 6.18 Å². The molecule has 106 valence electrons. The maximum atomic E-state index is 12.9. The molecule has 0 saturated heterocycles. The lowest BCUT2D eigenvalue weighted by Crippen LogP contribution is -2.17. The molecule has 5 heteroatoms. The third kappa shape index (κ3) is 4.58. The summed E-state index contributed by atoms with van der Waals surface area (Å²) in [4.78, 5) is 10.6. The van der Waals surface area contributed by atoms with Crippen molar-refractivity contribution in [2.45, 2.75) is 39.5 Å². The van der Waals surface area contributed by atoms with Crippen LogP contribution in [0.3, 0.4) is 0 Å². The third-order valence-corrected chi connectivity index (χ3v) is 2.58. The van der Waals surface area contributed by atoms with E-state index in [1.807, 2.05) is 13.8 Å². The average Bonchev–Trinajstić information content (AvgIpc) is 2.26. The molecule has 19 heavy (non-hydrogen) atoms. The highest BCUT2D eigenvalue weighted by Gasteiger charge is 2.35. The Morgan fingerprint density at radius 2 is 1.89 bits per heavy atom. The van der Waals surface area contributed by atoms with Gasteiger partial charge in [-0.3, -0.25) is 4.79 Å². The van der Waals surface area contributed by atoms with Gasteiger partial charge in [0.2, 0.25) is 0 Å². The van der Waals surface area contributed by atoms with Gasteiger partial charge in [-0.2, -0.15) is 13.2 Å². The van der Waals surface area contributed by atoms with E-state index in [0.29, 0.717) is 18.6 Å². The van der Waals surface area contributed by atoms with Crippen LogP contribution in [0.4, 0.5) is 13.2 Å². The van der Waals surface area contributed by atoms with Gasteiger partial charge in [-0.25, -0.2) is 0 Å². The van der Waals surface area contributed by atoms with Crippen molar-refractivity contribution in [3.63, 3.8) is 0 Å². The Morgan fingerprint density at radius 1 is 1.26 bits per heavy atom. The molecule has 0 fully saturated rings. The largest absolute Gasteiger partial charge is 0.490 e. The lowest BCUT2D eigenvalue weighted by molar-refractivity contribution is -0.139. The van der Waals surface area contributed by atoms with E-state index < -0.39 is 11.7 Å². The van der Waals surface area contributed by atoms with E-state index in [2.05, 4.69) is 0 Å². The summed E-state index contributed by atoms with van der Waals surface area (Å²) in [7, 11) is 0. The normalized spacial score (nSPS) is 13.4. The second kappa shape index (κ2) is 6.08. The van der Waals surface area contributed by atoms with Crippen LogP contribution in [0.1, 0.15) is 43.1 Å². The first kappa shape index (κ1) is 15.5. The topological polar surface area (TPSA) is 26.3 Å². The summed E-state index contributed by atoms with van der Waals surface area (Å²) in [6.45, 7) is 5.67. The maximum Gasteiger partial charge on any atom is 0.419 e. The smallest absolute Gasteiger partial charge is 0.419 e. The molecule has 0 bridgehead atoms.